The number of fused-ring (bicyclic) bond motifs is 1. The average Bonchev–Trinajstić information content (AvgIpc) is 3.10. The van der Waals surface area contributed by atoms with Gasteiger partial charge in [-0.05, 0) is 26.3 Å². The van der Waals surface area contributed by atoms with Gasteiger partial charge >= 0.3 is 0 Å². The molecule has 0 spiro atoms. The SMILES string of the molecule is C=CC(=O)N1CC[C@H](Nc2cnc3[nH]cc(C(=O)NC(C)C)c3n2)[C@H](OC)C1. The van der Waals surface area contributed by atoms with E-state index in [2.05, 4.69) is 32.2 Å². The van der Waals surface area contributed by atoms with Crippen molar-refractivity contribution in [1.29, 1.82) is 0 Å². The zero-order chi connectivity index (χ0) is 20.3. The van der Waals surface area contributed by atoms with Crippen molar-refractivity contribution in [2.24, 2.45) is 0 Å². The van der Waals surface area contributed by atoms with Gasteiger partial charge in [-0.3, -0.25) is 9.59 Å². The second kappa shape index (κ2) is 8.39. The summed E-state index contributed by atoms with van der Waals surface area (Å²) < 4.78 is 5.57. The van der Waals surface area contributed by atoms with Gasteiger partial charge in [0, 0.05) is 32.4 Å². The number of H-pyrrole nitrogens is 1. The summed E-state index contributed by atoms with van der Waals surface area (Å²) in [5, 5.41) is 6.20. The number of carbonyl (C=O) groups excluding carboxylic acids is 2. The van der Waals surface area contributed by atoms with Crippen LogP contribution in [0.25, 0.3) is 11.2 Å². The van der Waals surface area contributed by atoms with Crippen molar-refractivity contribution < 1.29 is 14.3 Å². The number of nitrogens with one attached hydrogen (secondary N) is 3. The van der Waals surface area contributed by atoms with Crippen LogP contribution in [0.1, 0.15) is 30.6 Å². The van der Waals surface area contributed by atoms with Gasteiger partial charge in [0.05, 0.1) is 23.9 Å². The summed E-state index contributed by atoms with van der Waals surface area (Å²) in [6, 6.07) is -0.00450. The molecule has 2 aromatic heterocycles. The highest BCUT2D eigenvalue weighted by molar-refractivity contribution is 6.04. The largest absolute Gasteiger partial charge is 0.377 e. The summed E-state index contributed by atoms with van der Waals surface area (Å²) in [4.78, 5) is 37.9. The number of methoxy groups -OCH3 is 1. The number of carbonyl (C=O) groups is 2. The normalized spacial score (nSPS) is 19.6. The van der Waals surface area contributed by atoms with Gasteiger partial charge in [0.15, 0.2) is 5.65 Å². The van der Waals surface area contributed by atoms with Crippen LogP contribution < -0.4 is 10.6 Å². The molecule has 9 heteroatoms. The Labute approximate surface area is 163 Å². The maximum absolute atomic E-state index is 12.4. The molecule has 9 nitrogen and oxygen atoms in total. The molecule has 0 aromatic carbocycles. The molecular weight excluding hydrogens is 360 g/mol. The molecule has 2 aromatic rings. The molecule has 0 radical (unpaired) electrons. The number of likely N-dealkylation sites (tertiary alicyclic amines) is 1. The van der Waals surface area contributed by atoms with E-state index in [9.17, 15) is 9.59 Å². The maximum Gasteiger partial charge on any atom is 0.255 e. The van der Waals surface area contributed by atoms with E-state index in [1.165, 1.54) is 6.08 Å². The number of hydrogen-bond acceptors (Lipinski definition) is 6. The van der Waals surface area contributed by atoms with E-state index in [0.717, 1.165) is 0 Å². The molecule has 3 heterocycles. The minimum Gasteiger partial charge on any atom is -0.377 e. The number of anilines is 1. The van der Waals surface area contributed by atoms with Gasteiger partial charge in [-0.1, -0.05) is 6.58 Å². The van der Waals surface area contributed by atoms with Crippen molar-refractivity contribution in [1.82, 2.24) is 25.2 Å². The fourth-order valence-electron chi connectivity index (χ4n) is 3.31. The average molecular weight is 386 g/mol. The number of piperidine rings is 1. The number of amides is 2. The molecular formula is C19H26N6O3. The Morgan fingerprint density at radius 1 is 1.46 bits per heavy atom. The molecule has 2 amide bonds. The smallest absolute Gasteiger partial charge is 0.255 e. The van der Waals surface area contributed by atoms with Crippen LogP contribution in [0, 0.1) is 0 Å². The Hall–Kier alpha value is -2.94. The minimum atomic E-state index is -0.196. The Bertz CT molecular complexity index is 878. The van der Waals surface area contributed by atoms with Crippen molar-refractivity contribution in [2.45, 2.75) is 38.5 Å². The van der Waals surface area contributed by atoms with Crippen molar-refractivity contribution in [2.75, 3.05) is 25.5 Å². The summed E-state index contributed by atoms with van der Waals surface area (Å²) in [6.07, 6.45) is 5.06. The lowest BCUT2D eigenvalue weighted by Gasteiger charge is -2.37. The first-order valence-corrected chi connectivity index (χ1v) is 9.28. The predicted octanol–water partition coefficient (Wildman–Crippen LogP) is 1.31. The first-order valence-electron chi connectivity index (χ1n) is 9.28. The predicted molar refractivity (Wildman–Crippen MR) is 106 cm³/mol. The molecule has 150 valence electrons. The van der Waals surface area contributed by atoms with Gasteiger partial charge in [0.1, 0.15) is 11.3 Å². The van der Waals surface area contributed by atoms with Gasteiger partial charge < -0.3 is 25.3 Å². The Morgan fingerprint density at radius 2 is 2.25 bits per heavy atom. The van der Waals surface area contributed by atoms with E-state index >= 15 is 0 Å². The maximum atomic E-state index is 12.4. The van der Waals surface area contributed by atoms with E-state index in [1.807, 2.05) is 13.8 Å². The molecule has 0 unspecified atom stereocenters. The Balaban J connectivity index is 1.77. The van der Waals surface area contributed by atoms with Gasteiger partial charge in [0.2, 0.25) is 5.91 Å². The third-order valence-electron chi connectivity index (χ3n) is 4.73. The summed E-state index contributed by atoms with van der Waals surface area (Å²) in [5.74, 6) is 0.259. The van der Waals surface area contributed by atoms with Gasteiger partial charge in [-0.2, -0.15) is 0 Å². The van der Waals surface area contributed by atoms with Crippen LogP contribution in [0.3, 0.4) is 0 Å². The summed E-state index contributed by atoms with van der Waals surface area (Å²) in [7, 11) is 1.62. The second-order valence-electron chi connectivity index (χ2n) is 7.09. The number of nitrogens with zero attached hydrogens (tertiary/aromatic N) is 3. The molecule has 3 rings (SSSR count). The third-order valence-corrected chi connectivity index (χ3v) is 4.73. The molecule has 1 fully saturated rings. The molecule has 0 bridgehead atoms. The topological polar surface area (TPSA) is 112 Å². The lowest BCUT2D eigenvalue weighted by Crippen LogP contribution is -2.52. The van der Waals surface area contributed by atoms with E-state index in [4.69, 9.17) is 4.74 Å². The van der Waals surface area contributed by atoms with Gasteiger partial charge in [-0.15, -0.1) is 0 Å². The minimum absolute atomic E-state index is 0.0256. The van der Waals surface area contributed by atoms with Crippen LogP contribution in [0.2, 0.25) is 0 Å². The summed E-state index contributed by atoms with van der Waals surface area (Å²) >= 11 is 0. The number of rotatable bonds is 6. The fraction of sp³-hybridized carbons (Fsp3) is 0.474. The van der Waals surface area contributed by atoms with Crippen LogP contribution in [-0.4, -0.2) is 70.1 Å². The van der Waals surface area contributed by atoms with Crippen molar-refractivity contribution >= 4 is 28.8 Å². The Kier molecular flexibility index (Phi) is 5.93. The lowest BCUT2D eigenvalue weighted by atomic mass is 10.0. The monoisotopic (exact) mass is 386 g/mol. The highest BCUT2D eigenvalue weighted by Gasteiger charge is 2.31. The van der Waals surface area contributed by atoms with Crippen LogP contribution in [0.4, 0.5) is 5.82 Å². The zero-order valence-electron chi connectivity index (χ0n) is 16.4. The quantitative estimate of drug-likeness (QED) is 0.646. The molecule has 28 heavy (non-hydrogen) atoms. The van der Waals surface area contributed by atoms with Crippen molar-refractivity contribution in [3.05, 3.63) is 30.6 Å². The van der Waals surface area contributed by atoms with Crippen LogP contribution >= 0.6 is 0 Å². The molecule has 0 aliphatic carbocycles. The molecule has 2 atom stereocenters. The summed E-state index contributed by atoms with van der Waals surface area (Å²) in [6.45, 7) is 8.42. The molecule has 3 N–H and O–H groups in total. The number of hydrogen-bond donors (Lipinski definition) is 3. The standard InChI is InChI=1S/C19H26N6O3/c1-5-16(26)25-7-6-13(14(10-25)28-4)23-15-9-21-18-17(24-15)12(8-20-18)19(27)22-11(2)3/h5,8-9,11,13-14H,1,6-7,10H2,2-4H3,(H,20,21)(H,22,27)(H,23,24)/t13-,14+/m0/s1. The first-order chi connectivity index (χ1) is 13.4. The van der Waals surface area contributed by atoms with E-state index in [0.29, 0.717) is 42.1 Å². The van der Waals surface area contributed by atoms with Crippen molar-refractivity contribution in [3.8, 4) is 0 Å². The number of aromatic nitrogens is 3. The van der Waals surface area contributed by atoms with Crippen LogP contribution in [0.15, 0.2) is 25.0 Å². The summed E-state index contributed by atoms with van der Waals surface area (Å²) in [5.41, 5.74) is 1.51. The lowest BCUT2D eigenvalue weighted by molar-refractivity contribution is -0.129. The molecule has 1 aliphatic rings. The Morgan fingerprint density at radius 3 is 2.93 bits per heavy atom. The number of ether oxygens (including phenoxy) is 1. The zero-order valence-corrected chi connectivity index (χ0v) is 16.4. The molecule has 1 aliphatic heterocycles. The number of aromatic amines is 1. The van der Waals surface area contributed by atoms with Gasteiger partial charge in [-0.25, -0.2) is 9.97 Å². The van der Waals surface area contributed by atoms with E-state index < -0.39 is 0 Å². The first kappa shape index (κ1) is 19.8. The van der Waals surface area contributed by atoms with E-state index in [1.54, 1.807) is 24.4 Å². The molecule has 0 saturated carbocycles. The van der Waals surface area contributed by atoms with Crippen molar-refractivity contribution in [3.63, 3.8) is 0 Å². The third kappa shape index (κ3) is 4.14. The van der Waals surface area contributed by atoms with Crippen LogP contribution in [-0.2, 0) is 9.53 Å². The highest BCUT2D eigenvalue weighted by Crippen LogP contribution is 2.21. The van der Waals surface area contributed by atoms with E-state index in [-0.39, 0.29) is 30.0 Å². The molecule has 1 saturated heterocycles. The van der Waals surface area contributed by atoms with Crippen LogP contribution in [0.5, 0.6) is 0 Å². The fourth-order valence-corrected chi connectivity index (χ4v) is 3.31. The van der Waals surface area contributed by atoms with Gasteiger partial charge in [0.25, 0.3) is 5.91 Å². The highest BCUT2D eigenvalue weighted by atomic mass is 16.5. The second-order valence-corrected chi connectivity index (χ2v) is 7.09.